The molecule has 1 saturated heterocycles. The first-order valence-electron chi connectivity index (χ1n) is 7.98. The number of likely N-dealkylation sites (tertiary alicyclic amines) is 1. The van der Waals surface area contributed by atoms with Crippen LogP contribution in [0.1, 0.15) is 59.3 Å². The van der Waals surface area contributed by atoms with Crippen LogP contribution in [0.3, 0.4) is 0 Å². The van der Waals surface area contributed by atoms with Crippen LogP contribution in [0, 0.1) is 11.3 Å². The van der Waals surface area contributed by atoms with Gasteiger partial charge in [-0.2, -0.15) is 0 Å². The molecule has 0 aromatic rings. The minimum atomic E-state index is 0.0202. The number of hydrogen-bond acceptors (Lipinski definition) is 2. The summed E-state index contributed by atoms with van der Waals surface area (Å²) >= 11 is 0. The van der Waals surface area contributed by atoms with Crippen LogP contribution in [0.5, 0.6) is 0 Å². The maximum Gasteiger partial charge on any atom is 0.361 e. The summed E-state index contributed by atoms with van der Waals surface area (Å²) in [6, 6.07) is 0. The summed E-state index contributed by atoms with van der Waals surface area (Å²) in [6.07, 6.45) is 7.32. The molecule has 1 saturated carbocycles. The van der Waals surface area contributed by atoms with Crippen molar-refractivity contribution in [2.75, 3.05) is 19.6 Å². The first-order chi connectivity index (χ1) is 8.94. The predicted molar refractivity (Wildman–Crippen MR) is 76.1 cm³/mol. The van der Waals surface area contributed by atoms with Gasteiger partial charge in [0.1, 0.15) is 6.10 Å². The Morgan fingerprint density at radius 3 is 2.53 bits per heavy atom. The van der Waals surface area contributed by atoms with Gasteiger partial charge in [-0.3, -0.25) is 0 Å². The number of piperidine rings is 1. The molecule has 19 heavy (non-hydrogen) atoms. The number of nitrogens with one attached hydrogen (secondary N) is 1. The fourth-order valence-electron chi connectivity index (χ4n) is 4.01. The number of rotatable bonds is 3. The van der Waals surface area contributed by atoms with E-state index in [4.69, 9.17) is 4.74 Å². The van der Waals surface area contributed by atoms with Crippen LogP contribution in [0.2, 0.25) is 0 Å². The molecule has 1 N–H and O–H groups in total. The van der Waals surface area contributed by atoms with E-state index in [9.17, 15) is 4.79 Å². The molecule has 0 radical (unpaired) electrons. The van der Waals surface area contributed by atoms with Crippen LogP contribution >= 0.6 is 0 Å². The van der Waals surface area contributed by atoms with Crippen molar-refractivity contribution in [3.63, 3.8) is 0 Å². The Morgan fingerprint density at radius 1 is 1.21 bits per heavy atom. The van der Waals surface area contributed by atoms with E-state index in [1.54, 1.807) is 0 Å². The molecule has 2 aliphatic rings. The maximum atomic E-state index is 12.1. The maximum absolute atomic E-state index is 12.1. The van der Waals surface area contributed by atoms with Crippen LogP contribution < -0.4 is 4.90 Å². The molecule has 2 atom stereocenters. The quantitative estimate of drug-likeness (QED) is 0.792. The number of carbonyl (C=O) groups excluding carboxylic acids is 1. The van der Waals surface area contributed by atoms with Gasteiger partial charge in [-0.05, 0) is 49.9 Å². The lowest BCUT2D eigenvalue weighted by atomic mass is 9.71. The minimum Gasteiger partial charge on any atom is -0.458 e. The molecule has 3 nitrogen and oxygen atoms in total. The number of hydrogen-bond donors (Lipinski definition) is 1. The van der Waals surface area contributed by atoms with E-state index in [2.05, 4.69) is 20.8 Å². The van der Waals surface area contributed by atoms with Crippen LogP contribution in [0.15, 0.2) is 0 Å². The molecule has 0 amide bonds. The molecule has 2 rings (SSSR count). The molecule has 110 valence electrons. The smallest absolute Gasteiger partial charge is 0.361 e. The second-order valence-electron chi connectivity index (χ2n) is 7.51. The SMILES string of the molecule is CC1CC(OC(=O)C[NH+]2CCCCC2)CC(C)(C)C1. The summed E-state index contributed by atoms with van der Waals surface area (Å²) in [7, 11) is 0. The van der Waals surface area contributed by atoms with Gasteiger partial charge in [0.15, 0.2) is 6.54 Å². The topological polar surface area (TPSA) is 30.7 Å². The van der Waals surface area contributed by atoms with Gasteiger partial charge in [0.25, 0.3) is 0 Å². The number of esters is 1. The summed E-state index contributed by atoms with van der Waals surface area (Å²) in [5.41, 5.74) is 0.320. The molecule has 1 aliphatic carbocycles. The van der Waals surface area contributed by atoms with E-state index >= 15 is 0 Å². The third-order valence-corrected chi connectivity index (χ3v) is 4.60. The average molecular weight is 268 g/mol. The Kier molecular flexibility index (Phi) is 4.88. The van der Waals surface area contributed by atoms with E-state index in [1.165, 1.54) is 30.6 Å². The fraction of sp³-hybridized carbons (Fsp3) is 0.938. The molecule has 1 heterocycles. The van der Waals surface area contributed by atoms with Crippen LogP contribution in [0.4, 0.5) is 0 Å². The van der Waals surface area contributed by atoms with Crippen molar-refractivity contribution in [3.05, 3.63) is 0 Å². The third kappa shape index (κ3) is 4.79. The standard InChI is InChI=1S/C16H29NO2/c1-13-9-14(11-16(2,3)10-13)19-15(18)12-17-7-5-4-6-8-17/h13-14H,4-12H2,1-3H3/p+1. The fourth-order valence-corrected chi connectivity index (χ4v) is 4.01. The van der Waals surface area contributed by atoms with Gasteiger partial charge in [0, 0.05) is 0 Å². The zero-order chi connectivity index (χ0) is 13.9. The molecule has 0 bridgehead atoms. The lowest BCUT2D eigenvalue weighted by Gasteiger charge is -2.38. The highest BCUT2D eigenvalue weighted by atomic mass is 16.5. The van der Waals surface area contributed by atoms with Crippen molar-refractivity contribution >= 4 is 5.97 Å². The van der Waals surface area contributed by atoms with Gasteiger partial charge in [0.05, 0.1) is 13.1 Å². The van der Waals surface area contributed by atoms with Crippen molar-refractivity contribution in [1.82, 2.24) is 0 Å². The Balaban J connectivity index is 1.78. The highest BCUT2D eigenvalue weighted by molar-refractivity contribution is 5.70. The van der Waals surface area contributed by atoms with Crippen molar-refractivity contribution in [3.8, 4) is 0 Å². The summed E-state index contributed by atoms with van der Waals surface area (Å²) in [6.45, 7) is 9.71. The summed E-state index contributed by atoms with van der Waals surface area (Å²) in [4.78, 5) is 13.5. The predicted octanol–water partition coefficient (Wildman–Crippen LogP) is 1.81. The van der Waals surface area contributed by atoms with Gasteiger partial charge in [-0.25, -0.2) is 4.79 Å². The third-order valence-electron chi connectivity index (χ3n) is 4.60. The summed E-state index contributed by atoms with van der Waals surface area (Å²) in [5, 5.41) is 0. The molecule has 0 spiro atoms. The van der Waals surface area contributed by atoms with Crippen LogP contribution in [-0.4, -0.2) is 31.7 Å². The Labute approximate surface area is 117 Å². The highest BCUT2D eigenvalue weighted by Crippen LogP contribution is 2.39. The first-order valence-corrected chi connectivity index (χ1v) is 7.98. The zero-order valence-electron chi connectivity index (χ0n) is 12.8. The lowest BCUT2D eigenvalue weighted by Crippen LogP contribution is -3.13. The Morgan fingerprint density at radius 2 is 1.89 bits per heavy atom. The molecule has 0 aromatic carbocycles. The molecular weight excluding hydrogens is 238 g/mol. The highest BCUT2D eigenvalue weighted by Gasteiger charge is 2.34. The number of carbonyl (C=O) groups is 1. The van der Waals surface area contributed by atoms with Crippen molar-refractivity contribution in [2.45, 2.75) is 65.4 Å². The first kappa shape index (κ1) is 14.8. The van der Waals surface area contributed by atoms with E-state index in [0.717, 1.165) is 25.9 Å². The largest absolute Gasteiger partial charge is 0.458 e. The van der Waals surface area contributed by atoms with Gasteiger partial charge in [-0.1, -0.05) is 20.8 Å². The van der Waals surface area contributed by atoms with Crippen LogP contribution in [-0.2, 0) is 9.53 Å². The number of quaternary nitrogens is 1. The Bertz CT molecular complexity index is 308. The molecule has 2 unspecified atom stereocenters. The van der Waals surface area contributed by atoms with Gasteiger partial charge in [0.2, 0.25) is 0 Å². The van der Waals surface area contributed by atoms with Crippen molar-refractivity contribution in [2.24, 2.45) is 11.3 Å². The molecule has 1 aliphatic heterocycles. The van der Waals surface area contributed by atoms with E-state index in [1.807, 2.05) is 0 Å². The number of ether oxygens (including phenoxy) is 1. The second kappa shape index (κ2) is 6.25. The summed E-state index contributed by atoms with van der Waals surface area (Å²) in [5.74, 6) is 0.690. The molecule has 2 fully saturated rings. The zero-order valence-corrected chi connectivity index (χ0v) is 12.8. The van der Waals surface area contributed by atoms with Gasteiger partial charge >= 0.3 is 5.97 Å². The average Bonchev–Trinajstić information content (AvgIpc) is 2.26. The van der Waals surface area contributed by atoms with Crippen molar-refractivity contribution < 1.29 is 14.4 Å². The van der Waals surface area contributed by atoms with Crippen LogP contribution in [0.25, 0.3) is 0 Å². The van der Waals surface area contributed by atoms with E-state index in [-0.39, 0.29) is 12.1 Å². The van der Waals surface area contributed by atoms with E-state index < -0.39 is 0 Å². The molecule has 0 aromatic heterocycles. The second-order valence-corrected chi connectivity index (χ2v) is 7.51. The normalized spacial score (nSPS) is 31.9. The molecule has 3 heteroatoms. The lowest BCUT2D eigenvalue weighted by molar-refractivity contribution is -0.897. The van der Waals surface area contributed by atoms with E-state index in [0.29, 0.717) is 17.9 Å². The minimum absolute atomic E-state index is 0.0202. The Hall–Kier alpha value is -0.570. The van der Waals surface area contributed by atoms with Crippen molar-refractivity contribution in [1.29, 1.82) is 0 Å². The van der Waals surface area contributed by atoms with Gasteiger partial charge in [-0.15, -0.1) is 0 Å². The monoisotopic (exact) mass is 268 g/mol. The summed E-state index contributed by atoms with van der Waals surface area (Å²) < 4.78 is 5.74. The van der Waals surface area contributed by atoms with Gasteiger partial charge < -0.3 is 9.64 Å². The molecular formula is C16H30NO2+.